The number of nitrogens with one attached hydrogen (secondary N) is 1. The second-order valence-corrected chi connectivity index (χ2v) is 5.13. The van der Waals surface area contributed by atoms with Crippen LogP contribution < -0.4 is 5.32 Å². The van der Waals surface area contributed by atoms with E-state index in [-0.39, 0.29) is 0 Å². The van der Waals surface area contributed by atoms with Gasteiger partial charge in [0.25, 0.3) is 0 Å². The molecular weight excluding hydrogens is 226 g/mol. The van der Waals surface area contributed by atoms with Crippen LogP contribution in [0.15, 0.2) is 18.2 Å². The minimum absolute atomic E-state index is 0.378. The second-order valence-electron chi connectivity index (χ2n) is 5.13. The van der Waals surface area contributed by atoms with Gasteiger partial charge in [0.05, 0.1) is 6.10 Å². The van der Waals surface area contributed by atoms with E-state index >= 15 is 0 Å². The molecule has 0 amide bonds. The van der Waals surface area contributed by atoms with Crippen LogP contribution in [-0.2, 0) is 11.3 Å². The lowest BCUT2D eigenvalue weighted by Crippen LogP contribution is -2.28. The molecule has 2 rings (SSSR count). The van der Waals surface area contributed by atoms with Gasteiger partial charge in [0, 0.05) is 25.3 Å². The third kappa shape index (κ3) is 3.24. The number of rotatable bonds is 5. The van der Waals surface area contributed by atoms with E-state index in [0.29, 0.717) is 17.8 Å². The Morgan fingerprint density at radius 1 is 1.44 bits per heavy atom. The first kappa shape index (κ1) is 13.4. The monoisotopic (exact) mass is 249 g/mol. The first-order valence-corrected chi connectivity index (χ1v) is 6.81. The van der Waals surface area contributed by atoms with Crippen molar-refractivity contribution in [1.82, 2.24) is 5.32 Å². The summed E-state index contributed by atoms with van der Waals surface area (Å²) in [6, 6.07) is 5.72. The smallest absolute Gasteiger partial charge is 0.120 e. The minimum Gasteiger partial charge on any atom is -0.508 e. The Morgan fingerprint density at radius 2 is 2.28 bits per heavy atom. The summed E-state index contributed by atoms with van der Waals surface area (Å²) in [5.41, 5.74) is 2.15. The molecule has 2 N–H and O–H groups in total. The number of phenols is 1. The number of hydrogen-bond donors (Lipinski definition) is 2. The van der Waals surface area contributed by atoms with E-state index in [1.165, 1.54) is 5.56 Å². The molecule has 0 spiro atoms. The Kier molecular flexibility index (Phi) is 4.61. The van der Waals surface area contributed by atoms with E-state index in [1.807, 2.05) is 19.1 Å². The van der Waals surface area contributed by atoms with Gasteiger partial charge in [0.15, 0.2) is 0 Å². The van der Waals surface area contributed by atoms with Gasteiger partial charge >= 0.3 is 0 Å². The fourth-order valence-electron chi connectivity index (χ4n) is 2.63. The summed E-state index contributed by atoms with van der Waals surface area (Å²) in [6.45, 7) is 6.79. The molecule has 1 heterocycles. The predicted octanol–water partition coefficient (Wildman–Crippen LogP) is 2.61. The van der Waals surface area contributed by atoms with Crippen LogP contribution in [-0.4, -0.2) is 24.4 Å². The largest absolute Gasteiger partial charge is 0.508 e. The zero-order valence-corrected chi connectivity index (χ0v) is 11.3. The fourth-order valence-corrected chi connectivity index (χ4v) is 2.63. The molecule has 0 aliphatic carbocycles. The lowest BCUT2D eigenvalue weighted by atomic mass is 9.99. The highest BCUT2D eigenvalue weighted by atomic mass is 16.5. The van der Waals surface area contributed by atoms with Gasteiger partial charge in [-0.3, -0.25) is 0 Å². The van der Waals surface area contributed by atoms with Crippen molar-refractivity contribution in [3.63, 3.8) is 0 Å². The van der Waals surface area contributed by atoms with Crippen molar-refractivity contribution in [2.45, 2.75) is 39.3 Å². The van der Waals surface area contributed by atoms with E-state index < -0.39 is 0 Å². The van der Waals surface area contributed by atoms with Gasteiger partial charge in [-0.05, 0) is 31.7 Å². The van der Waals surface area contributed by atoms with Crippen molar-refractivity contribution in [2.75, 3.05) is 13.2 Å². The second kappa shape index (κ2) is 6.21. The lowest BCUT2D eigenvalue weighted by Gasteiger charge is -2.17. The topological polar surface area (TPSA) is 41.5 Å². The van der Waals surface area contributed by atoms with Crippen LogP contribution in [0.25, 0.3) is 0 Å². The van der Waals surface area contributed by atoms with Gasteiger partial charge in [-0.2, -0.15) is 0 Å². The van der Waals surface area contributed by atoms with Crippen LogP contribution in [0.4, 0.5) is 0 Å². The third-order valence-electron chi connectivity index (χ3n) is 3.71. The summed E-state index contributed by atoms with van der Waals surface area (Å²) >= 11 is 0. The molecule has 3 nitrogen and oxygen atoms in total. The van der Waals surface area contributed by atoms with Crippen LogP contribution in [0.2, 0.25) is 0 Å². The summed E-state index contributed by atoms with van der Waals surface area (Å²) in [6.07, 6.45) is 2.64. The minimum atomic E-state index is 0.378. The van der Waals surface area contributed by atoms with Crippen LogP contribution in [0.3, 0.4) is 0 Å². The molecule has 100 valence electrons. The lowest BCUT2D eigenvalue weighted by molar-refractivity contribution is 0.0872. The van der Waals surface area contributed by atoms with E-state index in [4.69, 9.17) is 4.74 Å². The molecule has 1 aliphatic heterocycles. The third-order valence-corrected chi connectivity index (χ3v) is 3.71. The molecule has 2 atom stereocenters. The van der Waals surface area contributed by atoms with Gasteiger partial charge < -0.3 is 15.2 Å². The Morgan fingerprint density at radius 3 is 3.06 bits per heavy atom. The average molecular weight is 249 g/mol. The molecule has 0 radical (unpaired) electrons. The number of benzene rings is 1. The van der Waals surface area contributed by atoms with Crippen LogP contribution in [0.5, 0.6) is 5.75 Å². The molecule has 0 bridgehead atoms. The highest BCUT2D eigenvalue weighted by Gasteiger charge is 2.25. The molecule has 1 saturated heterocycles. The maximum atomic E-state index is 9.76. The molecule has 2 unspecified atom stereocenters. The highest BCUT2D eigenvalue weighted by molar-refractivity contribution is 5.35. The van der Waals surface area contributed by atoms with Gasteiger partial charge in [0.1, 0.15) is 5.75 Å². The molecule has 0 saturated carbocycles. The van der Waals surface area contributed by atoms with Crippen molar-refractivity contribution < 1.29 is 9.84 Å². The summed E-state index contributed by atoms with van der Waals surface area (Å²) in [4.78, 5) is 0. The molecule has 1 aliphatic rings. The van der Waals surface area contributed by atoms with Gasteiger partial charge in [0.2, 0.25) is 0 Å². The maximum absolute atomic E-state index is 9.76. The van der Waals surface area contributed by atoms with Crippen molar-refractivity contribution in [3.8, 4) is 5.75 Å². The van der Waals surface area contributed by atoms with Gasteiger partial charge in [-0.25, -0.2) is 0 Å². The Bertz CT molecular complexity index is 392. The van der Waals surface area contributed by atoms with Crippen LogP contribution >= 0.6 is 0 Å². The van der Waals surface area contributed by atoms with E-state index in [9.17, 15) is 5.11 Å². The molecule has 18 heavy (non-hydrogen) atoms. The zero-order chi connectivity index (χ0) is 13.0. The van der Waals surface area contributed by atoms with E-state index in [2.05, 4.69) is 12.2 Å². The number of aromatic hydroxyl groups is 1. The SMILES string of the molecule is CCC1OCCC1CNCc1cc(C)ccc1O. The normalized spacial score (nSPS) is 23.4. The summed E-state index contributed by atoms with van der Waals surface area (Å²) < 4.78 is 5.67. The van der Waals surface area contributed by atoms with Crippen molar-refractivity contribution in [1.29, 1.82) is 0 Å². The highest BCUT2D eigenvalue weighted by Crippen LogP contribution is 2.23. The average Bonchev–Trinajstić information content (AvgIpc) is 2.81. The Labute approximate surface area is 109 Å². The quantitative estimate of drug-likeness (QED) is 0.843. The standard InChI is InChI=1S/C15H23NO2/c1-3-15-12(6-7-18-15)9-16-10-13-8-11(2)4-5-14(13)17/h4-5,8,12,15-17H,3,6-7,9-10H2,1-2H3. The van der Waals surface area contributed by atoms with E-state index in [0.717, 1.165) is 38.1 Å². The summed E-state index contributed by atoms with van der Waals surface area (Å²) in [7, 11) is 0. The summed E-state index contributed by atoms with van der Waals surface area (Å²) in [5, 5.41) is 13.2. The van der Waals surface area contributed by atoms with Crippen molar-refractivity contribution in [2.24, 2.45) is 5.92 Å². The molecule has 1 fully saturated rings. The maximum Gasteiger partial charge on any atom is 0.120 e. The van der Waals surface area contributed by atoms with Crippen molar-refractivity contribution in [3.05, 3.63) is 29.3 Å². The number of ether oxygens (including phenoxy) is 1. The molecule has 0 aromatic heterocycles. The fraction of sp³-hybridized carbons (Fsp3) is 0.600. The molecule has 3 heteroatoms. The van der Waals surface area contributed by atoms with Gasteiger partial charge in [-0.15, -0.1) is 0 Å². The number of phenolic OH excluding ortho intramolecular Hbond substituents is 1. The molecule has 1 aromatic rings. The number of hydrogen-bond acceptors (Lipinski definition) is 3. The Hall–Kier alpha value is -1.06. The predicted molar refractivity (Wildman–Crippen MR) is 72.7 cm³/mol. The van der Waals surface area contributed by atoms with Crippen LogP contribution in [0.1, 0.15) is 30.9 Å². The first-order chi connectivity index (χ1) is 8.70. The Balaban J connectivity index is 1.83. The van der Waals surface area contributed by atoms with Gasteiger partial charge in [-0.1, -0.05) is 24.6 Å². The van der Waals surface area contributed by atoms with E-state index in [1.54, 1.807) is 6.07 Å². The number of aryl methyl sites for hydroxylation is 1. The molecular formula is C15H23NO2. The van der Waals surface area contributed by atoms with Crippen LogP contribution in [0, 0.1) is 12.8 Å². The first-order valence-electron chi connectivity index (χ1n) is 6.81. The van der Waals surface area contributed by atoms with Crippen molar-refractivity contribution >= 4 is 0 Å². The molecule has 1 aromatic carbocycles. The summed E-state index contributed by atoms with van der Waals surface area (Å²) in [5.74, 6) is 0.991. The zero-order valence-electron chi connectivity index (χ0n) is 11.3.